The second-order valence-corrected chi connectivity index (χ2v) is 7.41. The number of likely N-dealkylation sites (N-methyl/N-ethyl adjacent to an activating group) is 1. The summed E-state index contributed by atoms with van der Waals surface area (Å²) in [6.07, 6.45) is 3.41. The van der Waals surface area contributed by atoms with E-state index in [1.165, 1.54) is 0 Å². The first-order chi connectivity index (χ1) is 11.9. The molecule has 3 rings (SSSR count). The number of hydrogen-bond acceptors (Lipinski definition) is 3. The quantitative estimate of drug-likeness (QED) is 0.693. The maximum atomic E-state index is 12.3. The Morgan fingerprint density at radius 3 is 2.64 bits per heavy atom. The van der Waals surface area contributed by atoms with E-state index in [0.29, 0.717) is 11.6 Å². The molecule has 2 aliphatic rings. The summed E-state index contributed by atoms with van der Waals surface area (Å²) in [6.45, 7) is 2.71. The first-order valence-corrected chi connectivity index (χ1v) is 9.10. The molecule has 0 atom stereocenters. The van der Waals surface area contributed by atoms with E-state index >= 15 is 0 Å². The van der Waals surface area contributed by atoms with Crippen LogP contribution in [0.1, 0.15) is 38.2 Å². The molecular formula is C18H24ClN3O3. The fraction of sp³-hybridized carbons (Fsp3) is 0.556. The second-order valence-electron chi connectivity index (χ2n) is 6.97. The van der Waals surface area contributed by atoms with Crippen LogP contribution in [0.5, 0.6) is 0 Å². The smallest absolute Gasteiger partial charge is 0.317 e. The lowest BCUT2D eigenvalue weighted by Gasteiger charge is -2.42. The number of carbonyl (C=O) groups is 2. The molecule has 7 heteroatoms. The zero-order valence-electron chi connectivity index (χ0n) is 14.3. The summed E-state index contributed by atoms with van der Waals surface area (Å²) in [5.74, 6) is -0.812. The molecule has 0 saturated heterocycles. The minimum absolute atomic E-state index is 0.0535. The number of benzene rings is 1. The fourth-order valence-electron chi connectivity index (χ4n) is 3.51. The predicted octanol–water partition coefficient (Wildman–Crippen LogP) is 2.57. The van der Waals surface area contributed by atoms with Crippen LogP contribution in [0.2, 0.25) is 5.02 Å². The number of nitrogens with zero attached hydrogens (tertiary/aromatic N) is 1. The zero-order valence-corrected chi connectivity index (χ0v) is 15.1. The van der Waals surface area contributed by atoms with E-state index in [0.717, 1.165) is 31.2 Å². The summed E-state index contributed by atoms with van der Waals surface area (Å²) in [4.78, 5) is 25.1. The predicted molar refractivity (Wildman–Crippen MR) is 95.7 cm³/mol. The Kier molecular flexibility index (Phi) is 5.20. The highest BCUT2D eigenvalue weighted by molar-refractivity contribution is 6.30. The highest BCUT2D eigenvalue weighted by Gasteiger charge is 2.46. The third kappa shape index (κ3) is 4.25. The highest BCUT2D eigenvalue weighted by atomic mass is 35.5. The van der Waals surface area contributed by atoms with Gasteiger partial charge in [0.15, 0.2) is 0 Å². The normalized spacial score (nSPS) is 23.6. The Hall–Kier alpha value is -1.79. The molecule has 2 fully saturated rings. The number of nitrogens with one attached hydrogen (secondary N) is 2. The molecule has 0 heterocycles. The van der Waals surface area contributed by atoms with E-state index < -0.39 is 5.97 Å². The Morgan fingerprint density at radius 1 is 1.36 bits per heavy atom. The van der Waals surface area contributed by atoms with Gasteiger partial charge in [-0.15, -0.1) is 0 Å². The highest BCUT2D eigenvalue weighted by Crippen LogP contribution is 2.46. The third-order valence-corrected chi connectivity index (χ3v) is 5.42. The number of carboxylic acids is 1. The molecule has 2 aliphatic carbocycles. The van der Waals surface area contributed by atoms with E-state index in [-0.39, 0.29) is 30.2 Å². The van der Waals surface area contributed by atoms with E-state index in [9.17, 15) is 9.59 Å². The zero-order chi connectivity index (χ0) is 18.0. The lowest BCUT2D eigenvalue weighted by Crippen LogP contribution is -2.57. The number of rotatable bonds is 7. The van der Waals surface area contributed by atoms with E-state index in [4.69, 9.17) is 16.7 Å². The largest absolute Gasteiger partial charge is 0.480 e. The lowest BCUT2D eigenvalue weighted by atomic mass is 9.85. The van der Waals surface area contributed by atoms with Crippen LogP contribution in [0, 0.1) is 0 Å². The average molecular weight is 366 g/mol. The van der Waals surface area contributed by atoms with Crippen LogP contribution in [-0.2, 0) is 10.3 Å². The molecule has 1 aromatic carbocycles. The van der Waals surface area contributed by atoms with Crippen LogP contribution < -0.4 is 10.6 Å². The van der Waals surface area contributed by atoms with E-state index in [1.807, 2.05) is 36.1 Å². The van der Waals surface area contributed by atoms with Gasteiger partial charge >= 0.3 is 12.0 Å². The molecule has 0 spiro atoms. The summed E-state index contributed by atoms with van der Waals surface area (Å²) in [6, 6.07) is 7.78. The third-order valence-electron chi connectivity index (χ3n) is 5.19. The Morgan fingerprint density at radius 2 is 2.08 bits per heavy atom. The standard InChI is InChI=1S/C18H24ClN3O3/c1-2-22(11-16(23)24)15-9-14(10-15)20-17(25)21-18(6-7-18)12-4-3-5-13(19)8-12/h3-5,8,14-15H,2,6-7,9-11H2,1H3,(H,23,24)(H2,20,21,25). The molecule has 136 valence electrons. The molecule has 0 aliphatic heterocycles. The van der Waals surface area contributed by atoms with Crippen molar-refractivity contribution in [1.82, 2.24) is 15.5 Å². The van der Waals surface area contributed by atoms with Crippen LogP contribution in [-0.4, -0.2) is 47.2 Å². The topological polar surface area (TPSA) is 81.7 Å². The molecule has 1 aromatic rings. The van der Waals surface area contributed by atoms with Crippen molar-refractivity contribution in [3.05, 3.63) is 34.9 Å². The molecule has 2 amide bonds. The molecule has 6 nitrogen and oxygen atoms in total. The summed E-state index contributed by atoms with van der Waals surface area (Å²) in [7, 11) is 0. The molecule has 0 aromatic heterocycles. The van der Waals surface area contributed by atoms with Crippen LogP contribution in [0.25, 0.3) is 0 Å². The van der Waals surface area contributed by atoms with Gasteiger partial charge < -0.3 is 15.7 Å². The summed E-state index contributed by atoms with van der Waals surface area (Å²) in [5, 5.41) is 15.7. The molecule has 3 N–H and O–H groups in total. The molecule has 0 radical (unpaired) electrons. The van der Waals surface area contributed by atoms with Gasteiger partial charge in [0.1, 0.15) is 0 Å². The summed E-state index contributed by atoms with van der Waals surface area (Å²) >= 11 is 6.05. The average Bonchev–Trinajstić information content (AvgIpc) is 3.29. The lowest BCUT2D eigenvalue weighted by molar-refractivity contribution is -0.139. The fourth-order valence-corrected chi connectivity index (χ4v) is 3.70. The molecule has 2 saturated carbocycles. The van der Waals surface area contributed by atoms with Crippen molar-refractivity contribution >= 4 is 23.6 Å². The second kappa shape index (κ2) is 7.22. The van der Waals surface area contributed by atoms with Crippen molar-refractivity contribution in [2.24, 2.45) is 0 Å². The van der Waals surface area contributed by atoms with E-state index in [1.54, 1.807) is 0 Å². The van der Waals surface area contributed by atoms with Crippen LogP contribution in [0.3, 0.4) is 0 Å². The Balaban J connectivity index is 1.47. The van der Waals surface area contributed by atoms with Gasteiger partial charge in [-0.05, 0) is 49.9 Å². The minimum Gasteiger partial charge on any atom is -0.480 e. The Labute approximate surface area is 152 Å². The number of carboxylic acid groups (broad SMARTS) is 1. The van der Waals surface area contributed by atoms with Crippen LogP contribution in [0.4, 0.5) is 4.79 Å². The van der Waals surface area contributed by atoms with Gasteiger partial charge in [-0.3, -0.25) is 9.69 Å². The number of amides is 2. The number of aliphatic carboxylic acids is 1. The van der Waals surface area contributed by atoms with Crippen molar-refractivity contribution < 1.29 is 14.7 Å². The van der Waals surface area contributed by atoms with Gasteiger partial charge in [0.25, 0.3) is 0 Å². The molecule has 0 unspecified atom stereocenters. The van der Waals surface area contributed by atoms with Gasteiger partial charge in [0.2, 0.25) is 0 Å². The number of halogens is 1. The van der Waals surface area contributed by atoms with Crippen molar-refractivity contribution in [1.29, 1.82) is 0 Å². The van der Waals surface area contributed by atoms with E-state index in [2.05, 4.69) is 10.6 Å². The van der Waals surface area contributed by atoms with Crippen molar-refractivity contribution in [3.63, 3.8) is 0 Å². The maximum absolute atomic E-state index is 12.3. The monoisotopic (exact) mass is 365 g/mol. The van der Waals surface area contributed by atoms with Crippen molar-refractivity contribution in [3.8, 4) is 0 Å². The van der Waals surface area contributed by atoms with Crippen LogP contribution in [0.15, 0.2) is 24.3 Å². The van der Waals surface area contributed by atoms with Crippen LogP contribution >= 0.6 is 11.6 Å². The molecule has 0 bridgehead atoms. The summed E-state index contributed by atoms with van der Waals surface area (Å²) in [5.41, 5.74) is 0.747. The van der Waals surface area contributed by atoms with Gasteiger partial charge in [-0.1, -0.05) is 30.7 Å². The minimum atomic E-state index is -0.812. The van der Waals surface area contributed by atoms with Gasteiger partial charge in [0.05, 0.1) is 12.1 Å². The van der Waals surface area contributed by atoms with Crippen molar-refractivity contribution in [2.45, 2.75) is 50.2 Å². The van der Waals surface area contributed by atoms with Crippen molar-refractivity contribution in [2.75, 3.05) is 13.1 Å². The van der Waals surface area contributed by atoms with Gasteiger partial charge in [0, 0.05) is 17.1 Å². The summed E-state index contributed by atoms with van der Waals surface area (Å²) < 4.78 is 0. The number of urea groups is 1. The first kappa shape index (κ1) is 18.0. The molecule has 25 heavy (non-hydrogen) atoms. The van der Waals surface area contributed by atoms with Gasteiger partial charge in [-0.2, -0.15) is 0 Å². The molecular weight excluding hydrogens is 342 g/mol. The number of carbonyl (C=O) groups excluding carboxylic acids is 1. The Bertz CT molecular complexity index is 657. The first-order valence-electron chi connectivity index (χ1n) is 8.72. The van der Waals surface area contributed by atoms with Gasteiger partial charge in [-0.25, -0.2) is 4.79 Å². The SMILES string of the molecule is CCN(CC(=O)O)C1CC(NC(=O)NC2(c3cccc(Cl)c3)CC2)C1. The number of hydrogen-bond donors (Lipinski definition) is 3. The maximum Gasteiger partial charge on any atom is 0.317 e.